The summed E-state index contributed by atoms with van der Waals surface area (Å²) in [6.45, 7) is 1.76. The van der Waals surface area contributed by atoms with Crippen molar-refractivity contribution in [3.8, 4) is 5.75 Å². The van der Waals surface area contributed by atoms with Crippen LogP contribution in [-0.4, -0.2) is 26.7 Å². The van der Waals surface area contributed by atoms with Crippen LogP contribution >= 0.6 is 0 Å². The Hall–Kier alpha value is -2.56. The quantitative estimate of drug-likeness (QED) is 0.921. The van der Waals surface area contributed by atoms with Crippen LogP contribution in [0.2, 0.25) is 0 Å². The van der Waals surface area contributed by atoms with Gasteiger partial charge in [-0.3, -0.25) is 4.79 Å². The molecule has 2 aromatic rings. The van der Waals surface area contributed by atoms with Crippen molar-refractivity contribution in [1.82, 2.24) is 9.55 Å². The number of allylic oxidation sites excluding steroid dienone is 1. The van der Waals surface area contributed by atoms with Crippen LogP contribution in [0.5, 0.6) is 5.75 Å². The van der Waals surface area contributed by atoms with Gasteiger partial charge < -0.3 is 14.4 Å². The molecule has 22 heavy (non-hydrogen) atoms. The van der Waals surface area contributed by atoms with E-state index in [1.807, 2.05) is 22.9 Å². The van der Waals surface area contributed by atoms with Crippen molar-refractivity contribution in [2.75, 3.05) is 0 Å². The van der Waals surface area contributed by atoms with Crippen molar-refractivity contribution in [1.29, 1.82) is 0 Å². The van der Waals surface area contributed by atoms with E-state index in [-0.39, 0.29) is 12.5 Å². The fourth-order valence-electron chi connectivity index (χ4n) is 2.68. The Morgan fingerprint density at radius 3 is 3.05 bits per heavy atom. The van der Waals surface area contributed by atoms with E-state index in [0.717, 1.165) is 18.4 Å². The summed E-state index contributed by atoms with van der Waals surface area (Å²) in [5, 5.41) is 8.80. The molecular formula is C17H18N2O3. The molecule has 114 valence electrons. The smallest absolute Gasteiger partial charge is 0.307 e. The van der Waals surface area contributed by atoms with Gasteiger partial charge in [0.2, 0.25) is 0 Å². The predicted molar refractivity (Wildman–Crippen MR) is 83.5 cm³/mol. The second-order valence-corrected chi connectivity index (χ2v) is 5.49. The third kappa shape index (κ3) is 3.19. The van der Waals surface area contributed by atoms with Gasteiger partial charge in [0.15, 0.2) is 0 Å². The molecule has 0 bridgehead atoms. The third-order valence-corrected chi connectivity index (χ3v) is 3.73. The topological polar surface area (TPSA) is 64.3 Å². The molecule has 5 heteroatoms. The van der Waals surface area contributed by atoms with Crippen LogP contribution in [0.3, 0.4) is 0 Å². The number of aryl methyl sites for hydroxylation is 1. The minimum atomic E-state index is -0.854. The summed E-state index contributed by atoms with van der Waals surface area (Å²) in [5.41, 5.74) is 3.60. The number of aliphatic carboxylic acids is 1. The molecule has 0 radical (unpaired) electrons. The van der Waals surface area contributed by atoms with Crippen LogP contribution in [-0.2, 0) is 11.2 Å². The van der Waals surface area contributed by atoms with Crippen LogP contribution in [0.4, 0.5) is 0 Å². The fourth-order valence-corrected chi connectivity index (χ4v) is 2.68. The molecule has 0 spiro atoms. The van der Waals surface area contributed by atoms with Crippen molar-refractivity contribution in [2.45, 2.75) is 32.3 Å². The lowest BCUT2D eigenvalue weighted by atomic mass is 9.95. The second-order valence-electron chi connectivity index (χ2n) is 5.49. The zero-order valence-corrected chi connectivity index (χ0v) is 12.4. The van der Waals surface area contributed by atoms with E-state index in [4.69, 9.17) is 9.84 Å². The number of imidazole rings is 1. The number of hydrogen-bond donors (Lipinski definition) is 1. The Bertz CT molecular complexity index is 705. The summed E-state index contributed by atoms with van der Waals surface area (Å²) in [6, 6.07) is 5.94. The van der Waals surface area contributed by atoms with E-state index in [1.165, 1.54) is 11.3 Å². The summed E-state index contributed by atoms with van der Waals surface area (Å²) in [6.07, 6.45) is 9.23. The number of carbonyl (C=O) groups is 1. The van der Waals surface area contributed by atoms with Gasteiger partial charge in [-0.05, 0) is 49.1 Å². The molecule has 1 N–H and O–H groups in total. The van der Waals surface area contributed by atoms with Gasteiger partial charge in [-0.2, -0.15) is 0 Å². The van der Waals surface area contributed by atoms with Crippen molar-refractivity contribution in [2.24, 2.45) is 0 Å². The Morgan fingerprint density at radius 1 is 1.45 bits per heavy atom. The number of aromatic nitrogens is 2. The largest absolute Gasteiger partial charge is 0.490 e. The summed E-state index contributed by atoms with van der Waals surface area (Å²) in [4.78, 5) is 14.8. The van der Waals surface area contributed by atoms with Crippen molar-refractivity contribution >= 4 is 17.7 Å². The molecular weight excluding hydrogens is 280 g/mol. The molecule has 1 unspecified atom stereocenters. The van der Waals surface area contributed by atoms with E-state index < -0.39 is 5.97 Å². The number of hydrogen-bond acceptors (Lipinski definition) is 3. The van der Waals surface area contributed by atoms with Gasteiger partial charge in [0.05, 0.1) is 12.7 Å². The predicted octanol–water partition coefficient (Wildman–Crippen LogP) is 3.07. The monoisotopic (exact) mass is 298 g/mol. The standard InChI is InChI=1S/C17H18N2O3/c1-12(8-17(20)21)22-16-5-3-13-2-4-15(9-14(13)10-16)19-7-6-18-11-19/h3,5-7,9-12H,2,4,8H2,1H3,(H,20,21). The number of ether oxygens (including phenoxy) is 1. The Morgan fingerprint density at radius 2 is 2.32 bits per heavy atom. The molecule has 1 aliphatic carbocycles. The highest BCUT2D eigenvalue weighted by Gasteiger charge is 2.14. The molecule has 1 heterocycles. The van der Waals surface area contributed by atoms with Crippen LogP contribution in [0.1, 0.15) is 30.9 Å². The van der Waals surface area contributed by atoms with Crippen LogP contribution in [0.25, 0.3) is 11.8 Å². The second kappa shape index (κ2) is 6.05. The van der Waals surface area contributed by atoms with Gasteiger partial charge in [-0.25, -0.2) is 4.98 Å². The molecule has 1 aromatic carbocycles. The van der Waals surface area contributed by atoms with Gasteiger partial charge in [0.25, 0.3) is 0 Å². The lowest BCUT2D eigenvalue weighted by Crippen LogP contribution is -2.16. The zero-order valence-electron chi connectivity index (χ0n) is 12.4. The maximum Gasteiger partial charge on any atom is 0.307 e. The maximum atomic E-state index is 10.7. The number of benzene rings is 1. The molecule has 0 saturated heterocycles. The Balaban J connectivity index is 1.81. The normalized spacial score (nSPS) is 14.9. The minimum Gasteiger partial charge on any atom is -0.490 e. The highest BCUT2D eigenvalue weighted by atomic mass is 16.5. The van der Waals surface area contributed by atoms with Crippen LogP contribution in [0, 0.1) is 0 Å². The maximum absolute atomic E-state index is 10.7. The third-order valence-electron chi connectivity index (χ3n) is 3.73. The highest BCUT2D eigenvalue weighted by molar-refractivity contribution is 5.75. The molecule has 0 fully saturated rings. The summed E-state index contributed by atoms with van der Waals surface area (Å²) in [7, 11) is 0. The van der Waals surface area contributed by atoms with E-state index in [9.17, 15) is 4.79 Å². The Kier molecular flexibility index (Phi) is 3.96. The number of nitrogens with zero attached hydrogens (tertiary/aromatic N) is 2. The van der Waals surface area contributed by atoms with E-state index in [2.05, 4.69) is 17.1 Å². The average molecular weight is 298 g/mol. The lowest BCUT2D eigenvalue weighted by molar-refractivity contribution is -0.138. The van der Waals surface area contributed by atoms with E-state index in [0.29, 0.717) is 5.75 Å². The first-order chi connectivity index (χ1) is 10.6. The number of carboxylic acids is 1. The van der Waals surface area contributed by atoms with Crippen molar-refractivity contribution < 1.29 is 14.6 Å². The summed E-state index contributed by atoms with van der Waals surface area (Å²) < 4.78 is 7.71. The lowest BCUT2D eigenvalue weighted by Gasteiger charge is -2.19. The minimum absolute atomic E-state index is 0.00674. The Labute approximate surface area is 128 Å². The van der Waals surface area contributed by atoms with Gasteiger partial charge >= 0.3 is 5.97 Å². The summed E-state index contributed by atoms with van der Waals surface area (Å²) in [5.74, 6) is -0.150. The van der Waals surface area contributed by atoms with E-state index in [1.54, 1.807) is 19.4 Å². The van der Waals surface area contributed by atoms with E-state index >= 15 is 0 Å². The molecule has 0 saturated carbocycles. The van der Waals surface area contributed by atoms with Crippen molar-refractivity contribution in [3.63, 3.8) is 0 Å². The van der Waals surface area contributed by atoms with Gasteiger partial charge in [0.1, 0.15) is 11.9 Å². The van der Waals surface area contributed by atoms with Crippen LogP contribution in [0.15, 0.2) is 36.9 Å². The first-order valence-electron chi connectivity index (χ1n) is 7.32. The molecule has 5 nitrogen and oxygen atoms in total. The number of rotatable bonds is 5. The number of carboxylic acid groups (broad SMARTS) is 1. The molecule has 1 aromatic heterocycles. The van der Waals surface area contributed by atoms with Crippen LogP contribution < -0.4 is 4.74 Å². The summed E-state index contributed by atoms with van der Waals surface area (Å²) >= 11 is 0. The van der Waals surface area contributed by atoms with Gasteiger partial charge in [0, 0.05) is 18.1 Å². The molecule has 1 atom stereocenters. The van der Waals surface area contributed by atoms with Crippen molar-refractivity contribution in [3.05, 3.63) is 48.0 Å². The molecule has 0 amide bonds. The average Bonchev–Trinajstić information content (AvgIpc) is 2.99. The molecule has 1 aliphatic rings. The SMILES string of the molecule is CC(CC(=O)O)Oc1ccc2c(c1)C=C(n1ccnc1)CC2. The fraction of sp³-hybridized carbons (Fsp3) is 0.294. The van der Waals surface area contributed by atoms with Gasteiger partial charge in [-0.15, -0.1) is 0 Å². The first kappa shape index (κ1) is 14.4. The molecule has 0 aliphatic heterocycles. The van der Waals surface area contributed by atoms with Gasteiger partial charge in [-0.1, -0.05) is 6.07 Å². The molecule has 3 rings (SSSR count). The first-order valence-corrected chi connectivity index (χ1v) is 7.32. The zero-order chi connectivity index (χ0) is 15.5. The highest BCUT2D eigenvalue weighted by Crippen LogP contribution is 2.29. The number of fused-ring (bicyclic) bond motifs is 1.